The molecule has 1 spiro atoms. The van der Waals surface area contributed by atoms with E-state index in [1.807, 2.05) is 32.0 Å². The van der Waals surface area contributed by atoms with Gasteiger partial charge in [0.05, 0.1) is 23.2 Å². The van der Waals surface area contributed by atoms with Crippen LogP contribution in [0.3, 0.4) is 0 Å². The third-order valence-electron chi connectivity index (χ3n) is 8.91. The maximum atomic E-state index is 14.8. The van der Waals surface area contributed by atoms with Crippen molar-refractivity contribution in [1.29, 1.82) is 0 Å². The van der Waals surface area contributed by atoms with Crippen LogP contribution in [0.4, 0.5) is 5.69 Å². The number of hydrogen-bond donors (Lipinski definition) is 1. The monoisotopic (exact) mass is 568 g/mol. The zero-order chi connectivity index (χ0) is 29.0. The number of ether oxygens (including phenoxy) is 1. The quantitative estimate of drug-likeness (QED) is 0.197. The first-order valence-corrected chi connectivity index (χ1v) is 15.5. The molecule has 8 heteroatoms. The molecule has 1 aromatic carbocycles. The molecule has 7 nitrogen and oxygen atoms in total. The van der Waals surface area contributed by atoms with E-state index in [9.17, 15) is 19.5 Å². The minimum absolute atomic E-state index is 0.0461. The van der Waals surface area contributed by atoms with E-state index in [1.54, 1.807) is 33.7 Å². The third kappa shape index (κ3) is 5.25. The van der Waals surface area contributed by atoms with E-state index < -0.39 is 22.6 Å². The molecule has 3 heterocycles. The number of hydrogen-bond acceptors (Lipinski definition) is 6. The Kier molecular flexibility index (Phi) is 9.83. The zero-order valence-corrected chi connectivity index (χ0v) is 25.0. The third-order valence-corrected chi connectivity index (χ3v) is 11.0. The van der Waals surface area contributed by atoms with E-state index in [-0.39, 0.29) is 42.2 Å². The van der Waals surface area contributed by atoms with Crippen LogP contribution in [0.2, 0.25) is 0 Å². The van der Waals surface area contributed by atoms with Crippen molar-refractivity contribution in [3.8, 4) is 0 Å². The van der Waals surface area contributed by atoms with Crippen LogP contribution < -0.4 is 4.90 Å². The maximum absolute atomic E-state index is 14.8. The molecule has 3 aliphatic heterocycles. The largest absolute Gasteiger partial charge is 0.465 e. The Morgan fingerprint density at radius 3 is 2.52 bits per heavy atom. The van der Waals surface area contributed by atoms with Crippen molar-refractivity contribution in [3.05, 3.63) is 54.6 Å². The summed E-state index contributed by atoms with van der Waals surface area (Å²) in [6.07, 6.45) is 7.95. The highest BCUT2D eigenvalue weighted by Crippen LogP contribution is 2.69. The number of rotatable bonds is 14. The molecule has 1 N–H and O–H groups in total. The molecule has 3 saturated heterocycles. The van der Waals surface area contributed by atoms with E-state index in [0.29, 0.717) is 19.5 Å². The lowest BCUT2D eigenvalue weighted by molar-refractivity contribution is -0.154. The number of aliphatic hydroxyl groups excluding tert-OH is 1. The van der Waals surface area contributed by atoms with Gasteiger partial charge in [0.25, 0.3) is 5.91 Å². The van der Waals surface area contributed by atoms with Crippen LogP contribution in [-0.2, 0) is 19.1 Å². The maximum Gasteiger partial charge on any atom is 0.310 e. The molecule has 3 fully saturated rings. The van der Waals surface area contributed by atoms with Crippen molar-refractivity contribution in [2.75, 3.05) is 31.2 Å². The SMILES string of the molecule is C=CCCOC(=O)[C@@H]1[C@@H]2CC(C)C3(S2)C(C(=O)N(CC=C)c2c(C)cccc2C)N(CCCCCCO)C(=O)[C@H]13. The van der Waals surface area contributed by atoms with Crippen LogP contribution in [0.1, 0.15) is 56.6 Å². The Morgan fingerprint density at radius 1 is 1.18 bits per heavy atom. The second-order valence-electron chi connectivity index (χ2n) is 11.4. The number of carbonyl (C=O) groups excluding carboxylic acids is 3. The van der Waals surface area contributed by atoms with Gasteiger partial charge in [0, 0.05) is 30.6 Å². The average Bonchev–Trinajstić information content (AvgIpc) is 3.51. The minimum Gasteiger partial charge on any atom is -0.465 e. The topological polar surface area (TPSA) is 87.2 Å². The van der Waals surface area contributed by atoms with Crippen molar-refractivity contribution in [1.82, 2.24) is 4.90 Å². The van der Waals surface area contributed by atoms with E-state index in [0.717, 1.165) is 48.9 Å². The van der Waals surface area contributed by atoms with Gasteiger partial charge in [-0.3, -0.25) is 14.4 Å². The molecular formula is C32H44N2O5S. The molecule has 4 rings (SSSR count). The molecule has 6 atom stereocenters. The molecule has 2 bridgehead atoms. The Balaban J connectivity index is 1.75. The normalized spacial score (nSPS) is 28.4. The van der Waals surface area contributed by atoms with Gasteiger partial charge in [0.2, 0.25) is 5.91 Å². The Hall–Kier alpha value is -2.58. The number of amides is 2. The first-order chi connectivity index (χ1) is 19.2. The summed E-state index contributed by atoms with van der Waals surface area (Å²) < 4.78 is 4.93. The van der Waals surface area contributed by atoms with E-state index >= 15 is 0 Å². The molecule has 3 unspecified atom stereocenters. The number of para-hydroxylation sites is 1. The van der Waals surface area contributed by atoms with Gasteiger partial charge in [-0.2, -0.15) is 0 Å². The molecule has 0 saturated carbocycles. The van der Waals surface area contributed by atoms with Crippen molar-refractivity contribution in [2.45, 2.75) is 75.3 Å². The fourth-order valence-electron chi connectivity index (χ4n) is 7.19. The van der Waals surface area contributed by atoms with E-state index in [4.69, 9.17) is 4.74 Å². The highest BCUT2D eigenvalue weighted by atomic mass is 32.2. The van der Waals surface area contributed by atoms with Gasteiger partial charge in [0.1, 0.15) is 6.04 Å². The Labute approximate surface area is 243 Å². The summed E-state index contributed by atoms with van der Waals surface area (Å²) in [6, 6.07) is 5.30. The van der Waals surface area contributed by atoms with Gasteiger partial charge in [-0.1, -0.05) is 50.1 Å². The number of unbranched alkanes of at least 4 members (excludes halogenated alkanes) is 3. The van der Waals surface area contributed by atoms with Gasteiger partial charge >= 0.3 is 5.97 Å². The molecule has 1 aromatic rings. The first-order valence-electron chi connectivity index (χ1n) is 14.6. The highest BCUT2D eigenvalue weighted by Gasteiger charge is 2.76. The second kappa shape index (κ2) is 12.9. The van der Waals surface area contributed by atoms with Crippen molar-refractivity contribution in [3.63, 3.8) is 0 Å². The number of fused-ring (bicyclic) bond motifs is 1. The minimum atomic E-state index is -0.692. The van der Waals surface area contributed by atoms with Crippen molar-refractivity contribution < 1.29 is 24.2 Å². The highest BCUT2D eigenvalue weighted by molar-refractivity contribution is 8.02. The van der Waals surface area contributed by atoms with Crippen LogP contribution in [0, 0.1) is 31.6 Å². The van der Waals surface area contributed by atoms with E-state index in [1.165, 1.54) is 0 Å². The molecule has 3 aliphatic rings. The number of aliphatic hydroxyl groups is 1. The Bertz CT molecular complexity index is 1120. The van der Waals surface area contributed by atoms with Gasteiger partial charge in [0.15, 0.2) is 0 Å². The van der Waals surface area contributed by atoms with Crippen molar-refractivity contribution in [2.24, 2.45) is 17.8 Å². The van der Waals surface area contributed by atoms with Crippen molar-refractivity contribution >= 4 is 35.2 Å². The predicted octanol–water partition coefficient (Wildman–Crippen LogP) is 4.83. The van der Waals surface area contributed by atoms with Gasteiger partial charge in [-0.25, -0.2) is 0 Å². The number of benzene rings is 1. The van der Waals surface area contributed by atoms with Gasteiger partial charge in [-0.05, 0) is 56.6 Å². The molecule has 0 aromatic heterocycles. The summed E-state index contributed by atoms with van der Waals surface area (Å²) in [5.41, 5.74) is 2.83. The lowest BCUT2D eigenvalue weighted by Gasteiger charge is -2.41. The summed E-state index contributed by atoms with van der Waals surface area (Å²) in [5, 5.41) is 9.14. The van der Waals surface area contributed by atoms with Gasteiger partial charge in [-0.15, -0.1) is 24.9 Å². The lowest BCUT2D eigenvalue weighted by Crippen LogP contribution is -2.57. The number of thioether (sulfide) groups is 1. The second-order valence-corrected chi connectivity index (χ2v) is 13.0. The smallest absolute Gasteiger partial charge is 0.310 e. The molecule has 40 heavy (non-hydrogen) atoms. The predicted molar refractivity (Wildman–Crippen MR) is 160 cm³/mol. The summed E-state index contributed by atoms with van der Waals surface area (Å²) in [6.45, 7) is 14.9. The van der Waals surface area contributed by atoms with Crippen LogP contribution in [-0.4, -0.2) is 70.1 Å². The van der Waals surface area contributed by atoms with Crippen LogP contribution in [0.15, 0.2) is 43.5 Å². The fourth-order valence-corrected chi connectivity index (χ4v) is 9.60. The molecule has 2 amide bonds. The summed E-state index contributed by atoms with van der Waals surface area (Å²) in [5.74, 6) is -1.60. The van der Waals surface area contributed by atoms with Crippen LogP contribution in [0.25, 0.3) is 0 Å². The standard InChI is InChI=1S/C32H44N2O5S/c1-6-8-19-39-31(38)25-24-20-23(5)32(40-24)26(25)29(36)34(17-11-9-10-12-18-35)28(32)30(37)33(16-7-2)27-21(3)14-13-15-22(27)4/h6-7,13-15,23-26,28,35H,1-2,8-12,16-20H2,3-5H3/t23?,24-,25+,26-,28?,32?/m0/s1. The zero-order valence-electron chi connectivity index (χ0n) is 24.1. The van der Waals surface area contributed by atoms with Crippen LogP contribution >= 0.6 is 11.8 Å². The average molecular weight is 569 g/mol. The number of esters is 1. The number of nitrogens with zero attached hydrogens (tertiary/aromatic N) is 2. The first kappa shape index (κ1) is 30.4. The molecular weight excluding hydrogens is 524 g/mol. The molecule has 218 valence electrons. The lowest BCUT2D eigenvalue weighted by atomic mass is 9.66. The van der Waals surface area contributed by atoms with Crippen LogP contribution in [0.5, 0.6) is 0 Å². The number of anilines is 1. The fraction of sp³-hybridized carbons (Fsp3) is 0.594. The number of likely N-dealkylation sites (tertiary alicyclic amines) is 1. The molecule has 0 aliphatic carbocycles. The van der Waals surface area contributed by atoms with E-state index in [2.05, 4.69) is 20.1 Å². The number of aryl methyl sites for hydroxylation is 2. The summed E-state index contributed by atoms with van der Waals surface area (Å²) in [4.78, 5) is 46.1. The molecule has 0 radical (unpaired) electrons. The number of carbonyl (C=O) groups is 3. The summed E-state index contributed by atoms with van der Waals surface area (Å²) >= 11 is 1.67. The van der Waals surface area contributed by atoms with Gasteiger partial charge < -0.3 is 19.6 Å². The Morgan fingerprint density at radius 2 is 1.88 bits per heavy atom. The summed E-state index contributed by atoms with van der Waals surface area (Å²) in [7, 11) is 0.